The second-order valence-electron chi connectivity index (χ2n) is 17.1. The first-order chi connectivity index (χ1) is 26.5. The summed E-state index contributed by atoms with van der Waals surface area (Å²) >= 11 is 0. The van der Waals surface area contributed by atoms with Crippen LogP contribution in [0.2, 0.25) is 0 Å². The molecule has 54 heavy (non-hydrogen) atoms. The molecular formula is C49H97NO4. The number of aliphatic hydroxyl groups excluding tert-OH is 3. The average Bonchev–Trinajstić information content (AvgIpc) is 3.16. The molecule has 0 aliphatic rings. The largest absolute Gasteiger partial charge is 0.394 e. The summed E-state index contributed by atoms with van der Waals surface area (Å²) in [6.07, 6.45) is 53.3. The minimum atomic E-state index is -0.749. The van der Waals surface area contributed by atoms with Crippen molar-refractivity contribution in [3.63, 3.8) is 0 Å². The van der Waals surface area contributed by atoms with Crippen LogP contribution in [-0.4, -0.2) is 46.1 Å². The van der Waals surface area contributed by atoms with Crippen LogP contribution in [0.3, 0.4) is 0 Å². The van der Waals surface area contributed by atoms with E-state index in [0.29, 0.717) is 12.8 Å². The molecule has 0 spiro atoms. The highest BCUT2D eigenvalue weighted by Gasteiger charge is 2.21. The topological polar surface area (TPSA) is 89.8 Å². The fourth-order valence-electron chi connectivity index (χ4n) is 7.81. The maximum absolute atomic E-state index is 12.5. The first kappa shape index (κ1) is 53.1. The molecule has 1 amide bonds. The number of hydrogen-bond donors (Lipinski definition) is 4. The van der Waals surface area contributed by atoms with Crippen LogP contribution in [0.5, 0.6) is 0 Å². The third kappa shape index (κ3) is 40.7. The molecular weight excluding hydrogens is 667 g/mol. The van der Waals surface area contributed by atoms with Gasteiger partial charge in [-0.05, 0) is 38.5 Å². The van der Waals surface area contributed by atoms with E-state index < -0.39 is 18.2 Å². The van der Waals surface area contributed by atoms with Crippen molar-refractivity contribution < 1.29 is 20.1 Å². The van der Waals surface area contributed by atoms with E-state index in [1.165, 1.54) is 205 Å². The highest BCUT2D eigenvalue weighted by molar-refractivity contribution is 5.76. The van der Waals surface area contributed by atoms with Gasteiger partial charge in [-0.25, -0.2) is 0 Å². The van der Waals surface area contributed by atoms with Crippen LogP contribution >= 0.6 is 0 Å². The lowest BCUT2D eigenvalue weighted by Gasteiger charge is -2.23. The number of carbonyl (C=O) groups excluding carboxylic acids is 1. The van der Waals surface area contributed by atoms with Crippen LogP contribution in [0.25, 0.3) is 0 Å². The quantitative estimate of drug-likeness (QED) is 0.0367. The van der Waals surface area contributed by atoms with Gasteiger partial charge in [0.2, 0.25) is 5.91 Å². The molecule has 5 nitrogen and oxygen atoms in total. The molecule has 3 unspecified atom stereocenters. The Balaban J connectivity index is 3.57. The molecule has 0 fully saturated rings. The SMILES string of the molecule is CCCCCCCCCC/C=C\CCCCCCCC(O)CC(=O)NC(CO)C(O)CCCCCCCCCCCCCCCCCCCCCCCC. The van der Waals surface area contributed by atoms with E-state index in [4.69, 9.17) is 0 Å². The van der Waals surface area contributed by atoms with Crippen LogP contribution in [0, 0.1) is 0 Å². The van der Waals surface area contributed by atoms with E-state index in [1.54, 1.807) is 0 Å². The fraction of sp³-hybridized carbons (Fsp3) is 0.939. The zero-order valence-electron chi connectivity index (χ0n) is 36.6. The van der Waals surface area contributed by atoms with Gasteiger partial charge >= 0.3 is 0 Å². The summed E-state index contributed by atoms with van der Waals surface area (Å²) in [6.45, 7) is 4.28. The molecule has 0 aromatic heterocycles. The van der Waals surface area contributed by atoms with Crippen molar-refractivity contribution in [3.8, 4) is 0 Å². The molecule has 0 aliphatic heterocycles. The molecule has 0 bridgehead atoms. The number of rotatable bonds is 45. The van der Waals surface area contributed by atoms with Gasteiger partial charge in [0.05, 0.1) is 31.3 Å². The van der Waals surface area contributed by atoms with Gasteiger partial charge in [-0.2, -0.15) is 0 Å². The van der Waals surface area contributed by atoms with Crippen molar-refractivity contribution in [2.24, 2.45) is 0 Å². The highest BCUT2D eigenvalue weighted by atomic mass is 16.3. The van der Waals surface area contributed by atoms with Crippen LogP contribution < -0.4 is 5.32 Å². The smallest absolute Gasteiger partial charge is 0.222 e. The lowest BCUT2D eigenvalue weighted by atomic mass is 10.0. The second kappa shape index (κ2) is 44.8. The maximum atomic E-state index is 12.5. The van der Waals surface area contributed by atoms with Gasteiger partial charge < -0.3 is 20.6 Å². The maximum Gasteiger partial charge on any atom is 0.222 e. The fourth-order valence-corrected chi connectivity index (χ4v) is 7.81. The van der Waals surface area contributed by atoms with E-state index in [0.717, 1.165) is 32.1 Å². The third-order valence-electron chi connectivity index (χ3n) is 11.6. The first-order valence-electron chi connectivity index (χ1n) is 24.5. The summed E-state index contributed by atoms with van der Waals surface area (Å²) < 4.78 is 0. The van der Waals surface area contributed by atoms with Crippen molar-refractivity contribution in [3.05, 3.63) is 12.2 Å². The Labute approximate surface area is 338 Å². The normalized spacial score (nSPS) is 13.5. The Bertz CT molecular complexity index is 758. The number of unbranched alkanes of at least 4 members (excludes halogenated alkanes) is 34. The summed E-state index contributed by atoms with van der Waals surface area (Å²) in [7, 11) is 0. The van der Waals surface area contributed by atoms with Crippen molar-refractivity contribution in [2.75, 3.05) is 6.61 Å². The number of hydrogen-bond acceptors (Lipinski definition) is 4. The number of amides is 1. The van der Waals surface area contributed by atoms with Crippen molar-refractivity contribution in [2.45, 2.75) is 289 Å². The lowest BCUT2D eigenvalue weighted by Crippen LogP contribution is -2.46. The molecule has 0 aromatic rings. The summed E-state index contributed by atoms with van der Waals surface area (Å²) in [5, 5.41) is 33.5. The highest BCUT2D eigenvalue weighted by Crippen LogP contribution is 2.17. The Kier molecular flexibility index (Phi) is 44.0. The second-order valence-corrected chi connectivity index (χ2v) is 17.1. The number of aliphatic hydroxyl groups is 3. The predicted molar refractivity (Wildman–Crippen MR) is 236 cm³/mol. The molecule has 0 rings (SSSR count). The van der Waals surface area contributed by atoms with Gasteiger partial charge in [0.15, 0.2) is 0 Å². The monoisotopic (exact) mass is 764 g/mol. The zero-order chi connectivity index (χ0) is 39.4. The number of allylic oxidation sites excluding steroid dienone is 2. The molecule has 0 saturated carbocycles. The van der Waals surface area contributed by atoms with Crippen LogP contribution in [0.15, 0.2) is 12.2 Å². The summed E-state index contributed by atoms with van der Waals surface area (Å²) in [5.74, 6) is -0.284. The minimum Gasteiger partial charge on any atom is -0.394 e. The minimum absolute atomic E-state index is 0.0340. The Hall–Kier alpha value is -0.910. The van der Waals surface area contributed by atoms with Crippen LogP contribution in [0.4, 0.5) is 0 Å². The molecule has 322 valence electrons. The third-order valence-corrected chi connectivity index (χ3v) is 11.6. The Morgan fingerprint density at radius 2 is 0.741 bits per heavy atom. The molecule has 4 N–H and O–H groups in total. The molecule has 0 heterocycles. The van der Waals surface area contributed by atoms with Crippen LogP contribution in [-0.2, 0) is 4.79 Å². The van der Waals surface area contributed by atoms with Crippen molar-refractivity contribution in [1.29, 1.82) is 0 Å². The standard InChI is InChI=1S/C49H97NO4/c1-3-5-7-9-11-13-15-17-19-21-22-23-24-25-27-29-31-33-35-37-39-41-43-48(53)47(45-51)50-49(54)44-46(52)42-40-38-36-34-32-30-28-26-20-18-16-14-12-10-8-6-4-2/h26,28,46-48,51-53H,3-25,27,29-45H2,1-2H3,(H,50,54)/b28-26-. The van der Waals surface area contributed by atoms with E-state index in [-0.39, 0.29) is 18.9 Å². The van der Waals surface area contributed by atoms with Gasteiger partial charge in [0.1, 0.15) is 0 Å². The van der Waals surface area contributed by atoms with Gasteiger partial charge in [-0.1, -0.05) is 238 Å². The summed E-state index contributed by atoms with van der Waals surface area (Å²) in [5.41, 5.74) is 0. The van der Waals surface area contributed by atoms with E-state index in [9.17, 15) is 20.1 Å². The van der Waals surface area contributed by atoms with E-state index >= 15 is 0 Å². The number of nitrogens with one attached hydrogen (secondary N) is 1. The first-order valence-corrected chi connectivity index (χ1v) is 24.5. The number of carbonyl (C=O) groups is 1. The molecule has 0 radical (unpaired) electrons. The van der Waals surface area contributed by atoms with E-state index in [1.807, 2.05) is 0 Å². The Morgan fingerprint density at radius 1 is 0.444 bits per heavy atom. The van der Waals surface area contributed by atoms with Gasteiger partial charge in [-0.3, -0.25) is 4.79 Å². The molecule has 0 saturated heterocycles. The summed E-state index contributed by atoms with van der Waals surface area (Å²) in [4.78, 5) is 12.5. The van der Waals surface area contributed by atoms with Crippen molar-refractivity contribution >= 4 is 5.91 Å². The lowest BCUT2D eigenvalue weighted by molar-refractivity contribution is -0.125. The Morgan fingerprint density at radius 3 is 1.07 bits per heavy atom. The molecule has 3 atom stereocenters. The zero-order valence-corrected chi connectivity index (χ0v) is 36.6. The van der Waals surface area contributed by atoms with E-state index in [2.05, 4.69) is 31.3 Å². The predicted octanol–water partition coefficient (Wildman–Crippen LogP) is 14.4. The summed E-state index contributed by atoms with van der Waals surface area (Å²) in [6, 6.07) is -0.658. The van der Waals surface area contributed by atoms with Gasteiger partial charge in [0.25, 0.3) is 0 Å². The van der Waals surface area contributed by atoms with Gasteiger partial charge in [-0.15, -0.1) is 0 Å². The molecule has 0 aliphatic carbocycles. The van der Waals surface area contributed by atoms with Crippen LogP contribution in [0.1, 0.15) is 271 Å². The molecule has 5 heteroatoms. The van der Waals surface area contributed by atoms with Gasteiger partial charge in [0, 0.05) is 0 Å². The average molecular weight is 764 g/mol. The van der Waals surface area contributed by atoms with Crippen molar-refractivity contribution in [1.82, 2.24) is 5.32 Å². The molecule has 0 aromatic carbocycles.